The minimum atomic E-state index is -0.262. The van der Waals surface area contributed by atoms with Gasteiger partial charge < -0.3 is 18.7 Å². The van der Waals surface area contributed by atoms with E-state index in [9.17, 15) is 0 Å². The molecule has 0 N–H and O–H groups in total. The SMILES string of the molecule is COc1ccc([C@H]2OC[C@H](C[N+]3(Cc4ccccc4)CCCCC3)O2)cc1. The molecule has 4 nitrogen and oxygen atoms in total. The van der Waals surface area contributed by atoms with E-state index in [0.29, 0.717) is 6.61 Å². The molecule has 0 spiro atoms. The van der Waals surface area contributed by atoms with Crippen LogP contribution in [-0.2, 0) is 16.0 Å². The van der Waals surface area contributed by atoms with E-state index in [1.54, 1.807) is 7.11 Å². The Morgan fingerprint density at radius 2 is 1.70 bits per heavy atom. The van der Waals surface area contributed by atoms with Crippen molar-refractivity contribution in [2.45, 2.75) is 38.2 Å². The van der Waals surface area contributed by atoms with E-state index in [2.05, 4.69) is 30.3 Å². The molecule has 0 radical (unpaired) electrons. The first-order valence-corrected chi connectivity index (χ1v) is 10.1. The van der Waals surface area contributed by atoms with Gasteiger partial charge in [0.2, 0.25) is 0 Å². The highest BCUT2D eigenvalue weighted by Gasteiger charge is 2.37. The molecule has 4 rings (SSSR count). The van der Waals surface area contributed by atoms with Crippen LogP contribution < -0.4 is 4.74 Å². The zero-order valence-electron chi connectivity index (χ0n) is 16.2. The van der Waals surface area contributed by atoms with Gasteiger partial charge in [0.05, 0.1) is 26.8 Å². The second-order valence-corrected chi connectivity index (χ2v) is 7.87. The molecule has 144 valence electrons. The number of piperidine rings is 1. The monoisotopic (exact) mass is 368 g/mol. The summed E-state index contributed by atoms with van der Waals surface area (Å²) in [5.74, 6) is 0.856. The normalized spacial score (nSPS) is 24.6. The summed E-state index contributed by atoms with van der Waals surface area (Å²) in [4.78, 5) is 0. The minimum Gasteiger partial charge on any atom is -0.497 e. The lowest BCUT2D eigenvalue weighted by Crippen LogP contribution is -2.54. The fourth-order valence-corrected chi connectivity index (χ4v) is 4.47. The van der Waals surface area contributed by atoms with Crippen LogP contribution >= 0.6 is 0 Å². The molecule has 0 amide bonds. The maximum atomic E-state index is 6.31. The highest BCUT2D eigenvalue weighted by molar-refractivity contribution is 5.28. The fourth-order valence-electron chi connectivity index (χ4n) is 4.47. The third kappa shape index (κ3) is 4.52. The van der Waals surface area contributed by atoms with E-state index in [1.807, 2.05) is 24.3 Å². The van der Waals surface area contributed by atoms with Crippen molar-refractivity contribution < 1.29 is 18.7 Å². The Morgan fingerprint density at radius 1 is 0.963 bits per heavy atom. The van der Waals surface area contributed by atoms with Gasteiger partial charge in [-0.25, -0.2) is 0 Å². The van der Waals surface area contributed by atoms with Crippen molar-refractivity contribution >= 4 is 0 Å². The summed E-state index contributed by atoms with van der Waals surface area (Å²) < 4.78 is 18.7. The molecule has 2 atom stereocenters. The molecule has 2 saturated heterocycles. The van der Waals surface area contributed by atoms with Crippen LogP contribution in [0.15, 0.2) is 54.6 Å². The maximum absolute atomic E-state index is 6.31. The molecule has 2 aliphatic heterocycles. The molecule has 0 unspecified atom stereocenters. The maximum Gasteiger partial charge on any atom is 0.184 e. The molecule has 0 saturated carbocycles. The second kappa shape index (κ2) is 8.42. The predicted molar refractivity (Wildman–Crippen MR) is 105 cm³/mol. The Labute approximate surface area is 162 Å². The molecular formula is C23H30NO3+. The number of benzene rings is 2. The first-order valence-electron chi connectivity index (χ1n) is 10.1. The van der Waals surface area contributed by atoms with Crippen LogP contribution in [0, 0.1) is 0 Å². The number of quaternary nitrogens is 1. The largest absolute Gasteiger partial charge is 0.497 e. The highest BCUT2D eigenvalue weighted by atomic mass is 16.7. The Bertz CT molecular complexity index is 710. The van der Waals surface area contributed by atoms with Gasteiger partial charge in [0.25, 0.3) is 0 Å². The molecule has 2 fully saturated rings. The Hall–Kier alpha value is -1.88. The van der Waals surface area contributed by atoms with Gasteiger partial charge in [0, 0.05) is 11.1 Å². The first-order chi connectivity index (χ1) is 13.3. The molecule has 2 aliphatic rings. The standard InChI is InChI=1S/C23H30NO3/c1-25-21-12-10-20(11-13-21)23-26-18-22(27-23)17-24(14-6-3-7-15-24)16-19-8-4-2-5-9-19/h2,4-5,8-13,22-23H,3,6-7,14-18H2,1H3/q+1/t22-,23-/m0/s1. The van der Waals surface area contributed by atoms with Crippen LogP contribution in [0.3, 0.4) is 0 Å². The van der Waals surface area contributed by atoms with E-state index >= 15 is 0 Å². The Morgan fingerprint density at radius 3 is 2.41 bits per heavy atom. The van der Waals surface area contributed by atoms with Crippen LogP contribution in [0.25, 0.3) is 0 Å². The van der Waals surface area contributed by atoms with Gasteiger partial charge in [-0.3, -0.25) is 0 Å². The predicted octanol–water partition coefficient (Wildman–Crippen LogP) is 4.31. The van der Waals surface area contributed by atoms with Crippen LogP contribution in [0.1, 0.15) is 36.7 Å². The summed E-state index contributed by atoms with van der Waals surface area (Å²) in [7, 11) is 1.68. The van der Waals surface area contributed by atoms with Gasteiger partial charge >= 0.3 is 0 Å². The average molecular weight is 368 g/mol. The topological polar surface area (TPSA) is 27.7 Å². The first kappa shape index (κ1) is 18.5. The number of nitrogens with zero attached hydrogens (tertiary/aromatic N) is 1. The lowest BCUT2D eigenvalue weighted by atomic mass is 10.0. The van der Waals surface area contributed by atoms with Crippen molar-refractivity contribution in [3.05, 3.63) is 65.7 Å². The molecule has 2 heterocycles. The molecular weight excluding hydrogens is 338 g/mol. The molecule has 2 aromatic rings. The third-order valence-electron chi connectivity index (χ3n) is 5.85. The summed E-state index contributed by atoms with van der Waals surface area (Å²) in [5, 5.41) is 0. The Kier molecular flexibility index (Phi) is 5.77. The van der Waals surface area contributed by atoms with Gasteiger partial charge in [-0.1, -0.05) is 42.5 Å². The summed E-state index contributed by atoms with van der Waals surface area (Å²) in [6.45, 7) is 5.27. The van der Waals surface area contributed by atoms with E-state index in [0.717, 1.165) is 28.9 Å². The lowest BCUT2D eigenvalue weighted by molar-refractivity contribution is -0.947. The van der Waals surface area contributed by atoms with E-state index in [1.165, 1.54) is 37.9 Å². The number of methoxy groups -OCH3 is 1. The van der Waals surface area contributed by atoms with Crippen molar-refractivity contribution in [2.75, 3.05) is 33.4 Å². The second-order valence-electron chi connectivity index (χ2n) is 7.87. The summed E-state index contributed by atoms with van der Waals surface area (Å²) in [6.07, 6.45) is 3.86. The van der Waals surface area contributed by atoms with Gasteiger partial charge in [-0.2, -0.15) is 0 Å². The van der Waals surface area contributed by atoms with Crippen LogP contribution in [0.2, 0.25) is 0 Å². The lowest BCUT2D eigenvalue weighted by Gasteiger charge is -2.42. The van der Waals surface area contributed by atoms with Crippen LogP contribution in [0.4, 0.5) is 0 Å². The zero-order valence-corrected chi connectivity index (χ0v) is 16.2. The van der Waals surface area contributed by atoms with Crippen molar-refractivity contribution in [2.24, 2.45) is 0 Å². The zero-order chi connectivity index (χ0) is 18.5. The van der Waals surface area contributed by atoms with Gasteiger partial charge in [-0.15, -0.1) is 0 Å². The molecule has 0 bridgehead atoms. The number of hydrogen-bond acceptors (Lipinski definition) is 3. The van der Waals surface area contributed by atoms with Gasteiger partial charge in [0.15, 0.2) is 6.29 Å². The van der Waals surface area contributed by atoms with Crippen LogP contribution in [-0.4, -0.2) is 43.9 Å². The molecule has 0 aliphatic carbocycles. The van der Waals surface area contributed by atoms with Gasteiger partial charge in [0.1, 0.15) is 24.9 Å². The van der Waals surface area contributed by atoms with Crippen molar-refractivity contribution in [1.82, 2.24) is 0 Å². The molecule has 27 heavy (non-hydrogen) atoms. The molecule has 4 heteroatoms. The average Bonchev–Trinajstić information content (AvgIpc) is 3.17. The van der Waals surface area contributed by atoms with E-state index < -0.39 is 0 Å². The third-order valence-corrected chi connectivity index (χ3v) is 5.85. The summed E-state index contributed by atoms with van der Waals surface area (Å²) >= 11 is 0. The van der Waals surface area contributed by atoms with E-state index in [4.69, 9.17) is 14.2 Å². The van der Waals surface area contributed by atoms with Gasteiger partial charge in [-0.05, 0) is 31.4 Å². The van der Waals surface area contributed by atoms with Crippen molar-refractivity contribution in [3.8, 4) is 5.75 Å². The molecule has 2 aromatic carbocycles. The minimum absolute atomic E-state index is 0.152. The number of likely N-dealkylation sites (tertiary alicyclic amines) is 1. The van der Waals surface area contributed by atoms with E-state index in [-0.39, 0.29) is 12.4 Å². The number of hydrogen-bond donors (Lipinski definition) is 0. The highest BCUT2D eigenvalue weighted by Crippen LogP contribution is 2.31. The Balaban J connectivity index is 1.42. The summed E-state index contributed by atoms with van der Waals surface area (Å²) in [6, 6.07) is 18.9. The summed E-state index contributed by atoms with van der Waals surface area (Å²) in [5.41, 5.74) is 2.48. The number of ether oxygens (including phenoxy) is 3. The quantitative estimate of drug-likeness (QED) is 0.711. The number of rotatable bonds is 6. The van der Waals surface area contributed by atoms with Crippen LogP contribution in [0.5, 0.6) is 5.75 Å². The molecule has 0 aromatic heterocycles. The fraction of sp³-hybridized carbons (Fsp3) is 0.478. The smallest absolute Gasteiger partial charge is 0.184 e. The van der Waals surface area contributed by atoms with Crippen molar-refractivity contribution in [3.63, 3.8) is 0 Å². The van der Waals surface area contributed by atoms with Crippen molar-refractivity contribution in [1.29, 1.82) is 0 Å².